The molecule has 6 nitrogen and oxygen atoms in total. The standard InChI is InChI=1S/C12H12N4O2S/c1-7-6-14-12(19-7)16-10(17)8-3-2-4-9(5-8)15-11(13)18/h2-6H,1H3,(H3,13,15,18)(H,14,16,17). The summed E-state index contributed by atoms with van der Waals surface area (Å²) < 4.78 is 0. The van der Waals surface area contributed by atoms with Crippen molar-refractivity contribution < 1.29 is 9.59 Å². The maximum atomic E-state index is 12.0. The van der Waals surface area contributed by atoms with E-state index in [2.05, 4.69) is 15.6 Å². The number of aryl methyl sites for hydroxylation is 1. The molecule has 2 aromatic rings. The molecule has 0 radical (unpaired) electrons. The molecular formula is C12H12N4O2S. The minimum absolute atomic E-state index is 0.289. The predicted octanol–water partition coefficient (Wildman–Crippen LogP) is 2.19. The van der Waals surface area contributed by atoms with E-state index in [1.807, 2.05) is 6.92 Å². The van der Waals surface area contributed by atoms with Crippen molar-refractivity contribution >= 4 is 34.1 Å². The Morgan fingerprint density at radius 2 is 2.11 bits per heavy atom. The maximum Gasteiger partial charge on any atom is 0.316 e. The summed E-state index contributed by atoms with van der Waals surface area (Å²) in [6.07, 6.45) is 1.69. The first kappa shape index (κ1) is 13.0. The summed E-state index contributed by atoms with van der Waals surface area (Å²) in [6.45, 7) is 1.91. The fraction of sp³-hybridized carbons (Fsp3) is 0.0833. The molecule has 0 bridgehead atoms. The van der Waals surface area contributed by atoms with Gasteiger partial charge in [0.1, 0.15) is 0 Å². The van der Waals surface area contributed by atoms with E-state index in [1.165, 1.54) is 11.3 Å². The maximum absolute atomic E-state index is 12.0. The molecule has 0 spiro atoms. The van der Waals surface area contributed by atoms with Gasteiger partial charge in [0.15, 0.2) is 5.13 Å². The van der Waals surface area contributed by atoms with Crippen LogP contribution in [0.1, 0.15) is 15.2 Å². The smallest absolute Gasteiger partial charge is 0.316 e. The summed E-state index contributed by atoms with van der Waals surface area (Å²) in [6, 6.07) is 5.82. The van der Waals surface area contributed by atoms with Crippen molar-refractivity contribution in [3.63, 3.8) is 0 Å². The molecule has 0 aliphatic heterocycles. The van der Waals surface area contributed by atoms with Gasteiger partial charge in [-0.1, -0.05) is 6.07 Å². The van der Waals surface area contributed by atoms with E-state index in [4.69, 9.17) is 5.73 Å². The third kappa shape index (κ3) is 3.52. The topological polar surface area (TPSA) is 97.1 Å². The molecule has 0 unspecified atom stereocenters. The van der Waals surface area contributed by atoms with Gasteiger partial charge in [-0.05, 0) is 25.1 Å². The first-order chi connectivity index (χ1) is 9.04. The Labute approximate surface area is 113 Å². The van der Waals surface area contributed by atoms with Crippen molar-refractivity contribution in [2.75, 3.05) is 10.6 Å². The first-order valence-electron chi connectivity index (χ1n) is 5.45. The van der Waals surface area contributed by atoms with Gasteiger partial charge in [0.05, 0.1) is 0 Å². The highest BCUT2D eigenvalue weighted by Crippen LogP contribution is 2.18. The number of carbonyl (C=O) groups excluding carboxylic acids is 2. The molecule has 7 heteroatoms. The zero-order valence-electron chi connectivity index (χ0n) is 10.1. The minimum Gasteiger partial charge on any atom is -0.351 e. The van der Waals surface area contributed by atoms with Crippen LogP contribution in [0.2, 0.25) is 0 Å². The number of hydrogen-bond acceptors (Lipinski definition) is 4. The predicted molar refractivity (Wildman–Crippen MR) is 74.5 cm³/mol. The number of primary amides is 1. The minimum atomic E-state index is -0.673. The van der Waals surface area contributed by atoms with Crippen molar-refractivity contribution in [1.82, 2.24) is 4.98 Å². The molecule has 98 valence electrons. The van der Waals surface area contributed by atoms with Crippen LogP contribution < -0.4 is 16.4 Å². The lowest BCUT2D eigenvalue weighted by Gasteiger charge is -2.05. The lowest BCUT2D eigenvalue weighted by molar-refractivity contribution is 0.102. The summed E-state index contributed by atoms with van der Waals surface area (Å²) in [5, 5.41) is 5.64. The van der Waals surface area contributed by atoms with Gasteiger partial charge < -0.3 is 11.1 Å². The van der Waals surface area contributed by atoms with Crippen molar-refractivity contribution in [3.05, 3.63) is 40.9 Å². The molecule has 3 amide bonds. The van der Waals surface area contributed by atoms with Gasteiger partial charge in [0.2, 0.25) is 0 Å². The first-order valence-corrected chi connectivity index (χ1v) is 6.26. The summed E-state index contributed by atoms with van der Waals surface area (Å²) in [5.74, 6) is -0.289. The number of thiazole rings is 1. The van der Waals surface area contributed by atoms with Crippen molar-refractivity contribution in [2.45, 2.75) is 6.92 Å². The van der Waals surface area contributed by atoms with E-state index in [1.54, 1.807) is 30.5 Å². The lowest BCUT2D eigenvalue weighted by atomic mass is 10.2. The average molecular weight is 276 g/mol. The number of benzene rings is 1. The van der Waals surface area contributed by atoms with Crippen LogP contribution in [0.25, 0.3) is 0 Å². The van der Waals surface area contributed by atoms with Crippen molar-refractivity contribution in [3.8, 4) is 0 Å². The Balaban J connectivity index is 2.12. The van der Waals surface area contributed by atoms with Gasteiger partial charge in [-0.25, -0.2) is 9.78 Å². The van der Waals surface area contributed by atoms with Crippen LogP contribution in [0.5, 0.6) is 0 Å². The van der Waals surface area contributed by atoms with Gasteiger partial charge in [0.25, 0.3) is 5.91 Å². The quantitative estimate of drug-likeness (QED) is 0.801. The van der Waals surface area contributed by atoms with Crippen LogP contribution in [0.15, 0.2) is 30.5 Å². The van der Waals surface area contributed by atoms with E-state index < -0.39 is 6.03 Å². The third-order valence-corrected chi connectivity index (χ3v) is 3.06. The second-order valence-electron chi connectivity index (χ2n) is 3.80. The Morgan fingerprint density at radius 3 is 2.74 bits per heavy atom. The third-order valence-electron chi connectivity index (χ3n) is 2.23. The number of carbonyl (C=O) groups is 2. The van der Waals surface area contributed by atoms with Crippen molar-refractivity contribution in [2.24, 2.45) is 5.73 Å². The largest absolute Gasteiger partial charge is 0.351 e. The Bertz CT molecular complexity index is 624. The molecule has 0 aliphatic carbocycles. The number of urea groups is 1. The van der Waals surface area contributed by atoms with E-state index in [-0.39, 0.29) is 5.91 Å². The summed E-state index contributed by atoms with van der Waals surface area (Å²) >= 11 is 1.39. The SMILES string of the molecule is Cc1cnc(NC(=O)c2cccc(NC(N)=O)c2)s1. The molecule has 1 aromatic heterocycles. The van der Waals surface area contributed by atoms with Crippen molar-refractivity contribution in [1.29, 1.82) is 0 Å². The van der Waals surface area contributed by atoms with E-state index in [0.717, 1.165) is 4.88 Å². The van der Waals surface area contributed by atoms with Gasteiger partial charge in [-0.15, -0.1) is 11.3 Å². The average Bonchev–Trinajstić information content (AvgIpc) is 2.74. The summed E-state index contributed by atoms with van der Waals surface area (Å²) in [4.78, 5) is 27.8. The highest BCUT2D eigenvalue weighted by atomic mass is 32.1. The molecule has 0 fully saturated rings. The molecule has 0 saturated carbocycles. The molecule has 19 heavy (non-hydrogen) atoms. The van der Waals surface area contributed by atoms with Gasteiger partial charge in [-0.3, -0.25) is 10.1 Å². The van der Waals surface area contributed by atoms with Crippen LogP contribution in [0.3, 0.4) is 0 Å². The molecule has 4 N–H and O–H groups in total. The summed E-state index contributed by atoms with van der Waals surface area (Å²) in [7, 11) is 0. The number of hydrogen-bond donors (Lipinski definition) is 3. The number of anilines is 2. The van der Waals surface area contributed by atoms with Gasteiger partial charge >= 0.3 is 6.03 Å². The number of rotatable bonds is 3. The Kier molecular flexibility index (Phi) is 3.76. The molecule has 1 heterocycles. The van der Waals surface area contributed by atoms with Crippen LogP contribution in [-0.4, -0.2) is 16.9 Å². The van der Waals surface area contributed by atoms with Crippen LogP contribution in [0.4, 0.5) is 15.6 Å². The Morgan fingerprint density at radius 1 is 1.32 bits per heavy atom. The van der Waals surface area contributed by atoms with Crippen LogP contribution >= 0.6 is 11.3 Å². The molecule has 1 aromatic carbocycles. The number of nitrogens with one attached hydrogen (secondary N) is 2. The van der Waals surface area contributed by atoms with Crippen LogP contribution in [0, 0.1) is 6.92 Å². The van der Waals surface area contributed by atoms with Gasteiger partial charge in [-0.2, -0.15) is 0 Å². The number of nitrogens with zero attached hydrogens (tertiary/aromatic N) is 1. The van der Waals surface area contributed by atoms with Crippen LogP contribution in [-0.2, 0) is 0 Å². The number of nitrogens with two attached hydrogens (primary N) is 1. The zero-order chi connectivity index (χ0) is 13.8. The molecular weight excluding hydrogens is 264 g/mol. The van der Waals surface area contributed by atoms with E-state index in [9.17, 15) is 9.59 Å². The molecule has 0 saturated heterocycles. The van der Waals surface area contributed by atoms with Gasteiger partial charge in [0, 0.05) is 22.3 Å². The lowest BCUT2D eigenvalue weighted by Crippen LogP contribution is -2.19. The number of amides is 3. The fourth-order valence-electron chi connectivity index (χ4n) is 1.46. The highest BCUT2D eigenvalue weighted by molar-refractivity contribution is 7.15. The zero-order valence-corrected chi connectivity index (χ0v) is 11.0. The Hall–Kier alpha value is -2.41. The molecule has 2 rings (SSSR count). The molecule has 0 aliphatic rings. The van der Waals surface area contributed by atoms with E-state index in [0.29, 0.717) is 16.4 Å². The van der Waals surface area contributed by atoms with E-state index >= 15 is 0 Å². The second-order valence-corrected chi connectivity index (χ2v) is 5.04. The highest BCUT2D eigenvalue weighted by Gasteiger charge is 2.09. The normalized spacial score (nSPS) is 9.95. The fourth-order valence-corrected chi connectivity index (χ4v) is 2.12. The summed E-state index contributed by atoms with van der Waals surface area (Å²) in [5.41, 5.74) is 5.90. The second kappa shape index (κ2) is 5.49. The molecule has 0 atom stereocenters. The number of aromatic nitrogens is 1. The monoisotopic (exact) mass is 276 g/mol.